The smallest absolute Gasteiger partial charge is 0.262 e. The van der Waals surface area contributed by atoms with E-state index in [4.69, 9.17) is 14.2 Å². The average molecular weight is 497 g/mol. The molecule has 1 heterocycles. The molecular weight excluding hydrogens is 468 g/mol. The minimum atomic E-state index is -3.88. The Morgan fingerprint density at radius 2 is 1.74 bits per heavy atom. The first-order valence-electron chi connectivity index (χ1n) is 11.3. The van der Waals surface area contributed by atoms with Gasteiger partial charge in [-0.1, -0.05) is 18.2 Å². The lowest BCUT2D eigenvalue weighted by Gasteiger charge is -2.19. The van der Waals surface area contributed by atoms with Gasteiger partial charge in [-0.25, -0.2) is 8.42 Å². The van der Waals surface area contributed by atoms with Crippen LogP contribution in [0.4, 0.5) is 5.69 Å². The van der Waals surface area contributed by atoms with Crippen molar-refractivity contribution < 1.29 is 27.4 Å². The van der Waals surface area contributed by atoms with Crippen molar-refractivity contribution in [3.63, 3.8) is 0 Å². The lowest BCUT2D eigenvalue weighted by atomic mass is 10.1. The largest absolute Gasteiger partial charge is 0.497 e. The molecule has 0 saturated heterocycles. The van der Waals surface area contributed by atoms with Crippen LogP contribution in [0.25, 0.3) is 0 Å². The van der Waals surface area contributed by atoms with Crippen LogP contribution in [0.1, 0.15) is 29.3 Å². The molecule has 4 rings (SSSR count). The highest BCUT2D eigenvalue weighted by Crippen LogP contribution is 2.32. The molecule has 1 atom stereocenters. The van der Waals surface area contributed by atoms with E-state index in [2.05, 4.69) is 10.0 Å². The number of hydrogen-bond acceptors (Lipinski definition) is 6. The lowest BCUT2D eigenvalue weighted by Crippen LogP contribution is -2.32. The molecule has 0 aromatic heterocycles. The number of aryl methyl sites for hydroxylation is 1. The number of ether oxygens (including phenoxy) is 3. The van der Waals surface area contributed by atoms with Gasteiger partial charge in [0, 0.05) is 23.4 Å². The number of nitrogens with one attached hydrogen (secondary N) is 2. The van der Waals surface area contributed by atoms with E-state index in [-0.39, 0.29) is 16.8 Å². The normalized spacial score (nSPS) is 13.5. The summed E-state index contributed by atoms with van der Waals surface area (Å²) in [6.45, 7) is 2.72. The van der Waals surface area contributed by atoms with Crippen LogP contribution >= 0.6 is 0 Å². The molecule has 1 unspecified atom stereocenters. The molecule has 0 radical (unpaired) electrons. The van der Waals surface area contributed by atoms with Crippen molar-refractivity contribution in [2.24, 2.45) is 0 Å². The van der Waals surface area contributed by atoms with Crippen molar-refractivity contribution in [2.75, 3.05) is 25.0 Å². The van der Waals surface area contributed by atoms with Gasteiger partial charge in [0.2, 0.25) is 0 Å². The number of carbonyl (C=O) groups is 1. The molecule has 1 aliphatic heterocycles. The second-order valence-electron chi connectivity index (χ2n) is 8.25. The number of hydrogen-bond donors (Lipinski definition) is 2. The molecule has 0 bridgehead atoms. The Balaban J connectivity index is 1.37. The van der Waals surface area contributed by atoms with E-state index >= 15 is 0 Å². The van der Waals surface area contributed by atoms with Gasteiger partial charge in [0.1, 0.15) is 19.0 Å². The van der Waals surface area contributed by atoms with E-state index in [1.54, 1.807) is 31.4 Å². The molecule has 1 aliphatic rings. The van der Waals surface area contributed by atoms with Gasteiger partial charge >= 0.3 is 0 Å². The zero-order valence-electron chi connectivity index (χ0n) is 19.6. The highest BCUT2D eigenvalue weighted by Gasteiger charge is 2.20. The highest BCUT2D eigenvalue weighted by molar-refractivity contribution is 7.92. The fourth-order valence-corrected chi connectivity index (χ4v) is 4.75. The number of benzene rings is 3. The summed E-state index contributed by atoms with van der Waals surface area (Å²) in [4.78, 5) is 12.8. The van der Waals surface area contributed by atoms with Gasteiger partial charge in [-0.3, -0.25) is 9.52 Å². The molecule has 35 heavy (non-hydrogen) atoms. The first-order chi connectivity index (χ1) is 16.8. The minimum Gasteiger partial charge on any atom is -0.497 e. The molecule has 3 aromatic carbocycles. The Labute approximate surface area is 205 Å². The fourth-order valence-electron chi connectivity index (χ4n) is 3.68. The van der Waals surface area contributed by atoms with Gasteiger partial charge < -0.3 is 19.5 Å². The molecule has 8 nitrogen and oxygen atoms in total. The monoisotopic (exact) mass is 496 g/mol. The van der Waals surface area contributed by atoms with Crippen LogP contribution in [-0.2, 0) is 16.4 Å². The third-order valence-corrected chi connectivity index (χ3v) is 6.98. The Bertz CT molecular complexity index is 1290. The summed E-state index contributed by atoms with van der Waals surface area (Å²) in [5, 5.41) is 2.97. The van der Waals surface area contributed by atoms with Crippen LogP contribution in [0, 0.1) is 0 Å². The molecular formula is C26H28N2O6S. The Morgan fingerprint density at radius 1 is 1.00 bits per heavy atom. The van der Waals surface area contributed by atoms with E-state index in [0.717, 1.165) is 24.2 Å². The predicted molar refractivity (Wildman–Crippen MR) is 133 cm³/mol. The second-order valence-corrected chi connectivity index (χ2v) is 9.94. The van der Waals surface area contributed by atoms with Gasteiger partial charge in [0.25, 0.3) is 15.9 Å². The summed E-state index contributed by atoms with van der Waals surface area (Å²) in [6.07, 6.45) is 1.56. The summed E-state index contributed by atoms with van der Waals surface area (Å²) in [5.41, 5.74) is 1.81. The van der Waals surface area contributed by atoms with Crippen LogP contribution < -0.4 is 24.2 Å². The van der Waals surface area contributed by atoms with Crippen molar-refractivity contribution in [3.8, 4) is 17.2 Å². The second kappa shape index (κ2) is 10.7. The van der Waals surface area contributed by atoms with Crippen molar-refractivity contribution in [1.82, 2.24) is 5.32 Å². The number of methoxy groups -OCH3 is 1. The maximum atomic E-state index is 12.9. The van der Waals surface area contributed by atoms with E-state index < -0.39 is 10.0 Å². The SMILES string of the molecule is COc1ccc(CCC(C)NC(=O)c2cccc(NS(=O)(=O)c3ccc4c(c3)OCCO4)c2)cc1. The lowest BCUT2D eigenvalue weighted by molar-refractivity contribution is 0.0938. The third-order valence-electron chi connectivity index (χ3n) is 5.60. The summed E-state index contributed by atoms with van der Waals surface area (Å²) in [5.74, 6) is 1.43. The molecule has 3 aromatic rings. The third kappa shape index (κ3) is 6.24. The van der Waals surface area contributed by atoms with Crippen molar-refractivity contribution in [2.45, 2.75) is 30.7 Å². The number of amides is 1. The number of rotatable bonds is 9. The summed E-state index contributed by atoms with van der Waals surface area (Å²) < 4.78 is 44.4. The Hall–Kier alpha value is -3.72. The highest BCUT2D eigenvalue weighted by atomic mass is 32.2. The van der Waals surface area contributed by atoms with Crippen LogP contribution in [0.15, 0.2) is 71.6 Å². The first-order valence-corrected chi connectivity index (χ1v) is 12.8. The first kappa shape index (κ1) is 24.4. The van der Waals surface area contributed by atoms with Gasteiger partial charge in [-0.15, -0.1) is 0 Å². The summed E-state index contributed by atoms with van der Waals surface area (Å²) in [7, 11) is -2.25. The standard InChI is InChI=1S/C26H28N2O6S/c1-18(6-7-19-8-10-22(32-2)11-9-19)27-26(29)20-4-3-5-21(16-20)28-35(30,31)23-12-13-24-25(17-23)34-15-14-33-24/h3-5,8-13,16-18,28H,6-7,14-15H2,1-2H3,(H,27,29). The summed E-state index contributed by atoms with van der Waals surface area (Å²) in [6, 6.07) is 18.6. The van der Waals surface area contributed by atoms with Crippen molar-refractivity contribution in [3.05, 3.63) is 77.9 Å². The van der Waals surface area contributed by atoms with Gasteiger partial charge in [-0.05, 0) is 67.8 Å². The topological polar surface area (TPSA) is 103 Å². The Kier molecular flexibility index (Phi) is 7.45. The molecule has 0 fully saturated rings. The van der Waals surface area contributed by atoms with Gasteiger partial charge in [-0.2, -0.15) is 0 Å². The maximum absolute atomic E-state index is 12.9. The van der Waals surface area contributed by atoms with E-state index in [9.17, 15) is 13.2 Å². The van der Waals surface area contributed by atoms with Crippen LogP contribution in [0.2, 0.25) is 0 Å². The number of anilines is 1. The molecule has 0 saturated carbocycles. The number of sulfonamides is 1. The van der Waals surface area contributed by atoms with E-state index in [1.807, 2.05) is 31.2 Å². The van der Waals surface area contributed by atoms with Crippen molar-refractivity contribution in [1.29, 1.82) is 0 Å². The Morgan fingerprint density at radius 3 is 2.49 bits per heavy atom. The van der Waals surface area contributed by atoms with E-state index in [1.165, 1.54) is 18.2 Å². The van der Waals surface area contributed by atoms with Gasteiger partial charge in [0.15, 0.2) is 11.5 Å². The van der Waals surface area contributed by atoms with Crippen LogP contribution in [0.3, 0.4) is 0 Å². The average Bonchev–Trinajstić information content (AvgIpc) is 2.87. The zero-order chi connectivity index (χ0) is 24.8. The quantitative estimate of drug-likeness (QED) is 0.464. The maximum Gasteiger partial charge on any atom is 0.262 e. The minimum absolute atomic E-state index is 0.0451. The predicted octanol–water partition coefficient (Wildman–Crippen LogP) is 4.02. The molecule has 0 spiro atoms. The molecule has 184 valence electrons. The molecule has 1 amide bonds. The number of carbonyl (C=O) groups excluding carboxylic acids is 1. The van der Waals surface area contributed by atoms with E-state index in [0.29, 0.717) is 36.0 Å². The van der Waals surface area contributed by atoms with Crippen molar-refractivity contribution >= 4 is 21.6 Å². The molecule has 9 heteroatoms. The number of fused-ring (bicyclic) bond motifs is 1. The van der Waals surface area contributed by atoms with Gasteiger partial charge in [0.05, 0.1) is 12.0 Å². The molecule has 2 N–H and O–H groups in total. The molecule has 0 aliphatic carbocycles. The fraction of sp³-hybridized carbons (Fsp3) is 0.269. The summed E-state index contributed by atoms with van der Waals surface area (Å²) >= 11 is 0. The zero-order valence-corrected chi connectivity index (χ0v) is 20.4. The van der Waals surface area contributed by atoms with Crippen LogP contribution in [0.5, 0.6) is 17.2 Å². The van der Waals surface area contributed by atoms with Crippen LogP contribution in [-0.4, -0.2) is 40.7 Å².